The van der Waals surface area contributed by atoms with E-state index in [0.717, 1.165) is 5.52 Å². The first-order valence-corrected chi connectivity index (χ1v) is 6.32. The van der Waals surface area contributed by atoms with E-state index in [4.69, 9.17) is 4.74 Å². The number of fused-ring (bicyclic) bond motifs is 3. The van der Waals surface area contributed by atoms with Gasteiger partial charge in [-0.05, 0) is 19.9 Å². The predicted molar refractivity (Wildman–Crippen MR) is 72.6 cm³/mol. The highest BCUT2D eigenvalue weighted by molar-refractivity contribution is 6.49. The van der Waals surface area contributed by atoms with E-state index in [1.807, 2.05) is 12.1 Å². The Hall–Kier alpha value is -1.98. The number of methoxy groups -OCH3 is 1. The molecule has 0 bridgehead atoms. The van der Waals surface area contributed by atoms with E-state index in [2.05, 4.69) is 4.98 Å². The highest BCUT2D eigenvalue weighted by atomic mass is 16.5. The molecule has 2 N–H and O–H groups in total. The number of ketones is 2. The Morgan fingerprint density at radius 3 is 2.50 bits per heavy atom. The van der Waals surface area contributed by atoms with E-state index < -0.39 is 22.8 Å². The molecular weight excluding hydrogens is 258 g/mol. The van der Waals surface area contributed by atoms with Crippen molar-refractivity contribution in [3.63, 3.8) is 0 Å². The lowest BCUT2D eigenvalue weighted by Crippen LogP contribution is -2.60. The molecule has 20 heavy (non-hydrogen) atoms. The summed E-state index contributed by atoms with van der Waals surface area (Å²) >= 11 is 0. The standard InChI is InChI=1S/C15H15NO4/c1-14(19)13(18)11(17)10-8-6-4-5-7-9(8)16-12(10)15(14,2)20-3/h4-7,16,19H,1-3H3/t14-,15-/m1/s1. The fourth-order valence-electron chi connectivity index (χ4n) is 2.83. The van der Waals surface area contributed by atoms with Gasteiger partial charge in [0, 0.05) is 18.0 Å². The third-order valence-electron chi connectivity index (χ3n) is 4.40. The number of rotatable bonds is 1. The Kier molecular flexibility index (Phi) is 2.46. The van der Waals surface area contributed by atoms with Crippen molar-refractivity contribution in [2.24, 2.45) is 0 Å². The van der Waals surface area contributed by atoms with Crippen LogP contribution >= 0.6 is 0 Å². The molecule has 5 nitrogen and oxygen atoms in total. The van der Waals surface area contributed by atoms with E-state index in [0.29, 0.717) is 16.6 Å². The number of aromatic nitrogens is 1. The third kappa shape index (κ3) is 1.29. The summed E-state index contributed by atoms with van der Waals surface area (Å²) in [6, 6.07) is 7.21. The van der Waals surface area contributed by atoms with Crippen molar-refractivity contribution in [1.29, 1.82) is 0 Å². The van der Waals surface area contributed by atoms with Crippen LogP contribution in [0.5, 0.6) is 0 Å². The van der Waals surface area contributed by atoms with Gasteiger partial charge in [0.15, 0.2) is 5.60 Å². The lowest BCUT2D eigenvalue weighted by Gasteiger charge is -2.42. The first kappa shape index (κ1) is 13.0. The molecule has 0 radical (unpaired) electrons. The average Bonchev–Trinajstić information content (AvgIpc) is 2.83. The van der Waals surface area contributed by atoms with E-state index in [9.17, 15) is 14.7 Å². The van der Waals surface area contributed by atoms with Crippen LogP contribution in [0.2, 0.25) is 0 Å². The van der Waals surface area contributed by atoms with Gasteiger partial charge in [0.1, 0.15) is 5.60 Å². The second-order valence-corrected chi connectivity index (χ2v) is 5.39. The minimum Gasteiger partial charge on any atom is -0.378 e. The average molecular weight is 273 g/mol. The minimum atomic E-state index is -1.91. The van der Waals surface area contributed by atoms with Crippen molar-refractivity contribution in [3.8, 4) is 0 Å². The van der Waals surface area contributed by atoms with E-state index in [-0.39, 0.29) is 0 Å². The summed E-state index contributed by atoms with van der Waals surface area (Å²) in [5.41, 5.74) is -1.74. The highest BCUT2D eigenvalue weighted by Crippen LogP contribution is 2.44. The van der Waals surface area contributed by atoms with Crippen molar-refractivity contribution < 1.29 is 19.4 Å². The molecule has 104 valence electrons. The van der Waals surface area contributed by atoms with Gasteiger partial charge < -0.3 is 14.8 Å². The number of aliphatic hydroxyl groups is 1. The summed E-state index contributed by atoms with van der Waals surface area (Å²) in [5.74, 6) is -1.53. The summed E-state index contributed by atoms with van der Waals surface area (Å²) in [6.07, 6.45) is 0. The Morgan fingerprint density at radius 1 is 1.20 bits per heavy atom. The first-order valence-electron chi connectivity index (χ1n) is 6.32. The summed E-state index contributed by atoms with van der Waals surface area (Å²) in [6.45, 7) is 2.91. The van der Waals surface area contributed by atoms with Crippen molar-refractivity contribution >= 4 is 22.5 Å². The van der Waals surface area contributed by atoms with Crippen LogP contribution in [0.15, 0.2) is 24.3 Å². The number of Topliss-reactive ketones (excluding diaryl/α,β-unsaturated/α-hetero) is 2. The lowest BCUT2D eigenvalue weighted by atomic mass is 9.71. The highest BCUT2D eigenvalue weighted by Gasteiger charge is 2.59. The maximum Gasteiger partial charge on any atom is 0.237 e. The third-order valence-corrected chi connectivity index (χ3v) is 4.40. The molecule has 1 heterocycles. The van der Waals surface area contributed by atoms with Crippen LogP contribution in [0.1, 0.15) is 29.9 Å². The number of carbonyl (C=O) groups is 2. The van der Waals surface area contributed by atoms with Gasteiger partial charge in [0.05, 0.1) is 11.3 Å². The molecule has 0 fully saturated rings. The van der Waals surface area contributed by atoms with Crippen LogP contribution in [0.4, 0.5) is 0 Å². The Morgan fingerprint density at radius 2 is 1.85 bits per heavy atom. The quantitative estimate of drug-likeness (QED) is 0.772. The number of aromatic amines is 1. The molecular formula is C15H15NO4. The first-order chi connectivity index (χ1) is 9.34. The number of hydrogen-bond acceptors (Lipinski definition) is 4. The molecule has 5 heteroatoms. The summed E-state index contributed by atoms with van der Waals surface area (Å²) in [7, 11) is 1.41. The smallest absolute Gasteiger partial charge is 0.237 e. The molecule has 0 saturated carbocycles. The molecule has 0 saturated heterocycles. The predicted octanol–water partition coefficient (Wildman–Crippen LogP) is 1.55. The molecule has 1 aromatic heterocycles. The second kappa shape index (κ2) is 3.77. The molecule has 2 atom stereocenters. The molecule has 1 aliphatic carbocycles. The molecule has 0 amide bonds. The van der Waals surface area contributed by atoms with Gasteiger partial charge in [0.2, 0.25) is 11.6 Å². The lowest BCUT2D eigenvalue weighted by molar-refractivity contribution is -0.175. The minimum absolute atomic E-state index is 0.293. The number of H-pyrrole nitrogens is 1. The van der Waals surface area contributed by atoms with Crippen LogP contribution in [0.25, 0.3) is 10.9 Å². The number of ether oxygens (including phenoxy) is 1. The van der Waals surface area contributed by atoms with Gasteiger partial charge in [-0.3, -0.25) is 9.59 Å². The topological polar surface area (TPSA) is 79.4 Å². The van der Waals surface area contributed by atoms with Crippen LogP contribution in [-0.2, 0) is 15.1 Å². The SMILES string of the molecule is CO[C@]1(C)c2[nH]c3ccccc3c2C(=O)C(=O)[C@@]1(C)O. The van der Waals surface area contributed by atoms with Crippen molar-refractivity contribution in [2.45, 2.75) is 25.0 Å². The molecule has 0 spiro atoms. The maximum absolute atomic E-state index is 12.3. The van der Waals surface area contributed by atoms with E-state index in [1.54, 1.807) is 19.1 Å². The molecule has 1 aromatic carbocycles. The van der Waals surface area contributed by atoms with Gasteiger partial charge in [-0.1, -0.05) is 18.2 Å². The number of benzene rings is 1. The van der Waals surface area contributed by atoms with Gasteiger partial charge in [-0.15, -0.1) is 0 Å². The van der Waals surface area contributed by atoms with Crippen LogP contribution in [0.3, 0.4) is 0 Å². The Balaban J connectivity index is 2.45. The van der Waals surface area contributed by atoms with Gasteiger partial charge in [-0.2, -0.15) is 0 Å². The van der Waals surface area contributed by atoms with Crippen LogP contribution in [-0.4, -0.2) is 34.4 Å². The molecule has 3 rings (SSSR count). The maximum atomic E-state index is 12.3. The van der Waals surface area contributed by atoms with Gasteiger partial charge >= 0.3 is 0 Å². The van der Waals surface area contributed by atoms with Gasteiger partial charge in [-0.25, -0.2) is 0 Å². The fourth-order valence-corrected chi connectivity index (χ4v) is 2.83. The Bertz CT molecular complexity index is 743. The summed E-state index contributed by atoms with van der Waals surface area (Å²) in [5, 5.41) is 11.2. The summed E-state index contributed by atoms with van der Waals surface area (Å²) < 4.78 is 5.41. The zero-order chi connectivity index (χ0) is 14.7. The number of hydrogen-bond donors (Lipinski definition) is 2. The van der Waals surface area contributed by atoms with Crippen molar-refractivity contribution in [1.82, 2.24) is 4.98 Å². The fraction of sp³-hybridized carbons (Fsp3) is 0.333. The van der Waals surface area contributed by atoms with Crippen molar-refractivity contribution in [2.75, 3.05) is 7.11 Å². The normalized spacial score (nSPS) is 29.8. The molecule has 0 unspecified atom stereocenters. The van der Waals surface area contributed by atoms with Crippen LogP contribution < -0.4 is 0 Å². The number of nitrogens with one attached hydrogen (secondary N) is 1. The monoisotopic (exact) mass is 273 g/mol. The van der Waals surface area contributed by atoms with E-state index in [1.165, 1.54) is 14.0 Å². The van der Waals surface area contributed by atoms with Gasteiger partial charge in [0.25, 0.3) is 0 Å². The molecule has 0 aliphatic heterocycles. The van der Waals surface area contributed by atoms with Crippen molar-refractivity contribution in [3.05, 3.63) is 35.5 Å². The summed E-state index contributed by atoms with van der Waals surface area (Å²) in [4.78, 5) is 27.7. The van der Waals surface area contributed by atoms with Crippen LogP contribution in [0, 0.1) is 0 Å². The zero-order valence-electron chi connectivity index (χ0n) is 11.5. The molecule has 1 aliphatic rings. The zero-order valence-corrected chi connectivity index (χ0v) is 11.5. The van der Waals surface area contributed by atoms with E-state index >= 15 is 0 Å². The largest absolute Gasteiger partial charge is 0.378 e. The second-order valence-electron chi connectivity index (χ2n) is 5.39. The Labute approximate surface area is 115 Å². The number of carbonyl (C=O) groups excluding carboxylic acids is 2. The molecule has 2 aromatic rings. The number of para-hydroxylation sites is 1.